The van der Waals surface area contributed by atoms with Gasteiger partial charge in [-0.2, -0.15) is 5.10 Å². The third-order valence-corrected chi connectivity index (χ3v) is 4.46. The molecule has 0 amide bonds. The zero-order valence-corrected chi connectivity index (χ0v) is 17.6. The van der Waals surface area contributed by atoms with Gasteiger partial charge in [-0.3, -0.25) is 0 Å². The van der Waals surface area contributed by atoms with Crippen LogP contribution in [0.25, 0.3) is 0 Å². The Labute approximate surface area is 177 Å². The fourth-order valence-electron chi connectivity index (χ4n) is 2.80. The number of carbonyl (C=O) groups is 1. The molecule has 0 fully saturated rings. The van der Waals surface area contributed by atoms with Crippen LogP contribution in [0, 0.1) is 0 Å². The molecule has 0 radical (unpaired) electrons. The number of unbranched alkanes of at least 4 members (excludes halogenated alkanes) is 2. The molecule has 0 saturated heterocycles. The van der Waals surface area contributed by atoms with Gasteiger partial charge in [-0.15, -0.1) is 0 Å². The van der Waals surface area contributed by atoms with Gasteiger partial charge in [-0.05, 0) is 48.2 Å². The molecule has 0 heterocycles. The molecule has 7 nitrogen and oxygen atoms in total. The highest BCUT2D eigenvalue weighted by Crippen LogP contribution is 2.29. The number of hydrogen-bond donors (Lipinski definition) is 3. The second-order valence-corrected chi connectivity index (χ2v) is 6.96. The molecule has 0 aliphatic rings. The third kappa shape index (κ3) is 7.31. The molecule has 0 bridgehead atoms. The van der Waals surface area contributed by atoms with Gasteiger partial charge in [0.1, 0.15) is 11.5 Å². The maximum Gasteiger partial charge on any atom is 0.330 e. The van der Waals surface area contributed by atoms with Gasteiger partial charge in [0.2, 0.25) is 0 Å². The van der Waals surface area contributed by atoms with Gasteiger partial charge < -0.3 is 25.7 Å². The van der Waals surface area contributed by atoms with Gasteiger partial charge in [0.25, 0.3) is 0 Å². The van der Waals surface area contributed by atoms with E-state index in [-0.39, 0.29) is 0 Å². The van der Waals surface area contributed by atoms with Gasteiger partial charge in [0.15, 0.2) is 6.04 Å². The van der Waals surface area contributed by atoms with E-state index in [9.17, 15) is 9.90 Å². The van der Waals surface area contributed by atoms with Crippen LogP contribution < -0.4 is 20.6 Å². The second-order valence-electron chi connectivity index (χ2n) is 6.96. The maximum absolute atomic E-state index is 12.0. The predicted molar refractivity (Wildman–Crippen MR) is 119 cm³/mol. The van der Waals surface area contributed by atoms with E-state index in [4.69, 9.17) is 15.3 Å². The lowest BCUT2D eigenvalue weighted by Gasteiger charge is -2.19. The summed E-state index contributed by atoms with van der Waals surface area (Å²) in [4.78, 5) is 12.0. The topological polar surface area (TPSA) is 106 Å². The van der Waals surface area contributed by atoms with Crippen molar-refractivity contribution in [1.29, 1.82) is 0 Å². The van der Waals surface area contributed by atoms with Crippen LogP contribution in [0.1, 0.15) is 56.7 Å². The first-order valence-corrected chi connectivity index (χ1v) is 10.3. The van der Waals surface area contributed by atoms with Crippen molar-refractivity contribution >= 4 is 17.9 Å². The SMILES string of the molecule is CCCCOc1cc(OCCCC)cc(C(Nc2ccc(C=NN)cc2)C(=O)O)c1. The highest BCUT2D eigenvalue weighted by molar-refractivity contribution is 5.82. The van der Waals surface area contributed by atoms with Crippen molar-refractivity contribution < 1.29 is 19.4 Å². The molecule has 2 aromatic rings. The number of aliphatic carboxylic acids is 1. The lowest BCUT2D eigenvalue weighted by atomic mass is 10.1. The van der Waals surface area contributed by atoms with Crippen molar-refractivity contribution in [2.24, 2.45) is 10.9 Å². The minimum absolute atomic E-state index is 0.565. The van der Waals surface area contributed by atoms with E-state index in [2.05, 4.69) is 24.3 Å². The molecule has 1 unspecified atom stereocenters. The first-order valence-electron chi connectivity index (χ1n) is 10.3. The third-order valence-electron chi connectivity index (χ3n) is 4.46. The Morgan fingerprint density at radius 1 is 1.07 bits per heavy atom. The number of carboxylic acid groups (broad SMARTS) is 1. The first-order chi connectivity index (χ1) is 14.6. The van der Waals surface area contributed by atoms with Crippen molar-refractivity contribution in [2.45, 2.75) is 45.6 Å². The maximum atomic E-state index is 12.0. The molecule has 2 aromatic carbocycles. The molecule has 30 heavy (non-hydrogen) atoms. The quantitative estimate of drug-likeness (QED) is 0.192. The fourth-order valence-corrected chi connectivity index (χ4v) is 2.80. The molecule has 0 aliphatic heterocycles. The molecule has 4 N–H and O–H groups in total. The number of rotatable bonds is 13. The Balaban J connectivity index is 2.27. The zero-order chi connectivity index (χ0) is 21.8. The summed E-state index contributed by atoms with van der Waals surface area (Å²) in [5, 5.41) is 16.4. The van der Waals surface area contributed by atoms with Gasteiger partial charge in [-0.1, -0.05) is 38.8 Å². The molecule has 0 aliphatic carbocycles. The van der Waals surface area contributed by atoms with Crippen LogP contribution in [0.5, 0.6) is 11.5 Å². The summed E-state index contributed by atoms with van der Waals surface area (Å²) in [6.45, 7) is 5.33. The summed E-state index contributed by atoms with van der Waals surface area (Å²) < 4.78 is 11.7. The number of hydrogen-bond acceptors (Lipinski definition) is 6. The van der Waals surface area contributed by atoms with Crippen molar-refractivity contribution in [1.82, 2.24) is 0 Å². The number of carboxylic acids is 1. The smallest absolute Gasteiger partial charge is 0.330 e. The highest BCUT2D eigenvalue weighted by Gasteiger charge is 2.21. The average Bonchev–Trinajstić information content (AvgIpc) is 2.73. The van der Waals surface area contributed by atoms with Crippen molar-refractivity contribution in [3.63, 3.8) is 0 Å². The fraction of sp³-hybridized carbons (Fsp3) is 0.391. The van der Waals surface area contributed by atoms with Crippen LogP contribution in [-0.2, 0) is 4.79 Å². The van der Waals surface area contributed by atoms with Crippen LogP contribution in [0.3, 0.4) is 0 Å². The van der Waals surface area contributed by atoms with Gasteiger partial charge >= 0.3 is 5.97 Å². The zero-order valence-electron chi connectivity index (χ0n) is 17.6. The Morgan fingerprint density at radius 2 is 1.63 bits per heavy atom. The average molecular weight is 414 g/mol. The largest absolute Gasteiger partial charge is 0.493 e. The van der Waals surface area contributed by atoms with Crippen LogP contribution in [0.4, 0.5) is 5.69 Å². The Hall–Kier alpha value is -3.22. The van der Waals surface area contributed by atoms with E-state index >= 15 is 0 Å². The number of anilines is 1. The van der Waals surface area contributed by atoms with Gasteiger partial charge in [-0.25, -0.2) is 4.79 Å². The summed E-state index contributed by atoms with van der Waals surface area (Å²) >= 11 is 0. The number of ether oxygens (including phenoxy) is 2. The second kappa shape index (κ2) is 12.4. The normalized spacial score (nSPS) is 11.9. The lowest BCUT2D eigenvalue weighted by Crippen LogP contribution is -2.20. The minimum Gasteiger partial charge on any atom is -0.493 e. The van der Waals surface area contributed by atoms with E-state index in [1.807, 2.05) is 6.07 Å². The molecule has 0 aromatic heterocycles. The number of nitrogens with zero attached hydrogens (tertiary/aromatic N) is 1. The summed E-state index contributed by atoms with van der Waals surface area (Å²) in [5.74, 6) is 5.38. The monoisotopic (exact) mass is 413 g/mol. The summed E-state index contributed by atoms with van der Waals surface area (Å²) in [5.41, 5.74) is 2.06. The van der Waals surface area contributed by atoms with Crippen LogP contribution >= 0.6 is 0 Å². The van der Waals surface area contributed by atoms with E-state index in [1.54, 1.807) is 36.4 Å². The van der Waals surface area contributed by atoms with Crippen LogP contribution in [-0.4, -0.2) is 30.5 Å². The summed E-state index contributed by atoms with van der Waals surface area (Å²) in [7, 11) is 0. The number of nitrogens with one attached hydrogen (secondary N) is 1. The molecule has 0 spiro atoms. The molecule has 2 rings (SSSR count). The Morgan fingerprint density at radius 3 is 2.10 bits per heavy atom. The standard InChI is InChI=1S/C23H31N3O4/c1-3-5-11-29-20-13-18(14-21(15-20)30-12-6-4-2)22(23(27)28)26-19-9-7-17(8-10-19)16-25-24/h7-10,13-16,22,26H,3-6,11-12,24H2,1-2H3,(H,27,28). The summed E-state index contributed by atoms with van der Waals surface area (Å²) in [6.07, 6.45) is 5.41. The molecule has 162 valence electrons. The number of nitrogens with two attached hydrogens (primary N) is 1. The van der Waals surface area contributed by atoms with Crippen molar-refractivity contribution in [3.8, 4) is 11.5 Å². The van der Waals surface area contributed by atoms with E-state index in [0.717, 1.165) is 31.2 Å². The van der Waals surface area contributed by atoms with Gasteiger partial charge in [0.05, 0.1) is 19.4 Å². The molecule has 0 saturated carbocycles. The Bertz CT molecular complexity index is 793. The Kier molecular flexibility index (Phi) is 9.51. The van der Waals surface area contributed by atoms with Gasteiger partial charge in [0, 0.05) is 11.8 Å². The predicted octanol–water partition coefficient (Wildman–Crippen LogP) is 4.57. The van der Waals surface area contributed by atoms with E-state index < -0.39 is 12.0 Å². The highest BCUT2D eigenvalue weighted by atomic mass is 16.5. The molecular weight excluding hydrogens is 382 g/mol. The minimum atomic E-state index is -0.993. The molecular formula is C23H31N3O4. The molecule has 7 heteroatoms. The van der Waals surface area contributed by atoms with Crippen LogP contribution in [0.15, 0.2) is 47.6 Å². The van der Waals surface area contributed by atoms with E-state index in [0.29, 0.717) is 36.0 Å². The first kappa shape index (κ1) is 23.1. The van der Waals surface area contributed by atoms with Crippen molar-refractivity contribution in [3.05, 3.63) is 53.6 Å². The summed E-state index contributed by atoms with van der Waals surface area (Å²) in [6, 6.07) is 11.5. The van der Waals surface area contributed by atoms with E-state index in [1.165, 1.54) is 6.21 Å². The van der Waals surface area contributed by atoms with Crippen molar-refractivity contribution in [2.75, 3.05) is 18.5 Å². The number of benzene rings is 2. The number of hydrazone groups is 1. The molecule has 1 atom stereocenters. The van der Waals surface area contributed by atoms with Crippen LogP contribution in [0.2, 0.25) is 0 Å². The lowest BCUT2D eigenvalue weighted by molar-refractivity contribution is -0.138.